The molecule has 0 amide bonds. The van der Waals surface area contributed by atoms with E-state index < -0.39 is 0 Å². The van der Waals surface area contributed by atoms with Crippen LogP contribution in [0.25, 0.3) is 0 Å². The minimum absolute atomic E-state index is 0.148. The maximum Gasteiger partial charge on any atom is 0.151 e. The van der Waals surface area contributed by atoms with E-state index in [9.17, 15) is 5.11 Å². The number of hydrogen-bond acceptors (Lipinski definition) is 3. The molecule has 1 aliphatic heterocycles. The lowest BCUT2D eigenvalue weighted by molar-refractivity contribution is 0.100. The Bertz CT molecular complexity index is 450. The van der Waals surface area contributed by atoms with Crippen molar-refractivity contribution < 1.29 is 5.11 Å². The summed E-state index contributed by atoms with van der Waals surface area (Å²) in [6.07, 6.45) is 3.25. The lowest BCUT2D eigenvalue weighted by Crippen LogP contribution is -2.31. The molecule has 0 aromatic heterocycles. The third-order valence-corrected chi connectivity index (χ3v) is 3.29. The fourth-order valence-corrected chi connectivity index (χ4v) is 2.42. The number of rotatable bonds is 0. The van der Waals surface area contributed by atoms with Gasteiger partial charge < -0.3 is 5.11 Å². The van der Waals surface area contributed by atoms with Gasteiger partial charge in [-0.3, -0.25) is 9.98 Å². The van der Waals surface area contributed by atoms with E-state index in [1.54, 1.807) is 0 Å². The van der Waals surface area contributed by atoms with Crippen molar-refractivity contribution in [2.24, 2.45) is 9.98 Å². The first kappa shape index (κ1) is 9.04. The second-order valence-corrected chi connectivity index (χ2v) is 4.43. The number of hydrogen-bond donors (Lipinski definition) is 1. The molecule has 3 rings (SSSR count). The first-order valence-corrected chi connectivity index (χ1v) is 5.50. The van der Waals surface area contributed by atoms with Crippen molar-refractivity contribution >= 4 is 0 Å². The molecule has 0 unspecified atom stereocenters. The van der Waals surface area contributed by atoms with Crippen LogP contribution < -0.4 is 10.7 Å². The van der Waals surface area contributed by atoms with Crippen LogP contribution in [0.5, 0.6) is 0 Å². The largest absolute Gasteiger partial charge is 0.393 e. The molecule has 2 aliphatic rings. The third kappa shape index (κ3) is 1.47. The molecule has 3 nitrogen and oxygen atoms in total. The normalized spacial score (nSPS) is 23.3. The molecule has 1 aliphatic carbocycles. The summed E-state index contributed by atoms with van der Waals surface area (Å²) in [6.45, 7) is 0. The average Bonchev–Trinajstić information content (AvgIpc) is 2.61. The molecule has 1 N–H and O–H groups in total. The van der Waals surface area contributed by atoms with Gasteiger partial charge in [0.05, 0.1) is 16.8 Å². The van der Waals surface area contributed by atoms with Crippen LogP contribution in [0.1, 0.15) is 25.7 Å². The van der Waals surface area contributed by atoms with Crippen LogP contribution in [0, 0.1) is 0 Å². The fourth-order valence-electron chi connectivity index (χ4n) is 2.42. The molecule has 1 spiro atoms. The van der Waals surface area contributed by atoms with Gasteiger partial charge in [-0.2, -0.15) is 0 Å². The first-order valence-electron chi connectivity index (χ1n) is 5.50. The van der Waals surface area contributed by atoms with E-state index in [0.717, 1.165) is 36.4 Å². The van der Waals surface area contributed by atoms with Crippen molar-refractivity contribution in [3.63, 3.8) is 0 Å². The van der Waals surface area contributed by atoms with E-state index in [1.807, 2.05) is 24.3 Å². The highest BCUT2D eigenvalue weighted by atomic mass is 16.3. The summed E-state index contributed by atoms with van der Waals surface area (Å²) in [6, 6.07) is 8.01. The molecule has 1 fully saturated rings. The Kier molecular flexibility index (Phi) is 1.89. The Morgan fingerprint density at radius 1 is 1.07 bits per heavy atom. The standard InChI is InChI=1S/C12H14N2O/c15-9-5-7-12(8-6-9)13-10-3-1-2-4-11(10)14-12/h1-4,9,15H,5-8H2. The van der Waals surface area contributed by atoms with E-state index in [-0.39, 0.29) is 11.8 Å². The number of aliphatic hydroxyl groups excluding tert-OH is 1. The van der Waals surface area contributed by atoms with Crippen molar-refractivity contribution in [2.75, 3.05) is 0 Å². The van der Waals surface area contributed by atoms with Crippen LogP contribution in [-0.4, -0.2) is 16.9 Å². The molecule has 1 aromatic rings. The molecule has 0 bridgehead atoms. The minimum atomic E-state index is -0.247. The predicted molar refractivity (Wildman–Crippen MR) is 56.0 cm³/mol. The van der Waals surface area contributed by atoms with Crippen LogP contribution in [0.3, 0.4) is 0 Å². The molecule has 78 valence electrons. The van der Waals surface area contributed by atoms with Crippen LogP contribution in [0.15, 0.2) is 34.3 Å². The van der Waals surface area contributed by atoms with Gasteiger partial charge in [0.25, 0.3) is 0 Å². The molecule has 0 radical (unpaired) electrons. The Morgan fingerprint density at radius 3 is 2.13 bits per heavy atom. The second-order valence-electron chi connectivity index (χ2n) is 4.43. The summed E-state index contributed by atoms with van der Waals surface area (Å²) in [5, 5.41) is 11.5. The van der Waals surface area contributed by atoms with Crippen LogP contribution >= 0.6 is 0 Å². The summed E-state index contributed by atoms with van der Waals surface area (Å²) < 4.78 is 0. The molecule has 1 heterocycles. The van der Waals surface area contributed by atoms with Gasteiger partial charge in [0.15, 0.2) is 5.66 Å². The molecule has 0 saturated heterocycles. The maximum absolute atomic E-state index is 9.49. The van der Waals surface area contributed by atoms with E-state index in [0.29, 0.717) is 0 Å². The van der Waals surface area contributed by atoms with Gasteiger partial charge in [-0.05, 0) is 37.8 Å². The number of aliphatic hydroxyl groups is 1. The molecule has 15 heavy (non-hydrogen) atoms. The van der Waals surface area contributed by atoms with E-state index in [1.165, 1.54) is 0 Å². The Labute approximate surface area is 88.2 Å². The van der Waals surface area contributed by atoms with Crippen molar-refractivity contribution in [3.8, 4) is 0 Å². The van der Waals surface area contributed by atoms with Crippen LogP contribution in [-0.2, 0) is 0 Å². The highest BCUT2D eigenvalue weighted by Gasteiger charge is 2.35. The number of para-hydroxylation sites is 2. The highest BCUT2D eigenvalue weighted by Crippen LogP contribution is 2.33. The topological polar surface area (TPSA) is 45.0 Å². The zero-order valence-electron chi connectivity index (χ0n) is 8.56. The Balaban J connectivity index is 2.02. The fraction of sp³-hybridized carbons (Fsp3) is 0.500. The monoisotopic (exact) mass is 202 g/mol. The van der Waals surface area contributed by atoms with Gasteiger partial charge in [0.2, 0.25) is 0 Å². The predicted octanol–water partition coefficient (Wildman–Crippen LogP) is 0.571. The lowest BCUT2D eigenvalue weighted by Gasteiger charge is -2.30. The van der Waals surface area contributed by atoms with Gasteiger partial charge >= 0.3 is 0 Å². The lowest BCUT2D eigenvalue weighted by atomic mass is 9.88. The molecule has 3 heteroatoms. The summed E-state index contributed by atoms with van der Waals surface area (Å²) >= 11 is 0. The molecule has 1 saturated carbocycles. The Hall–Kier alpha value is -1.22. The second kappa shape index (κ2) is 3.14. The van der Waals surface area contributed by atoms with Crippen molar-refractivity contribution in [2.45, 2.75) is 37.5 Å². The molecule has 0 atom stereocenters. The highest BCUT2D eigenvalue weighted by molar-refractivity contribution is 5.08. The zero-order valence-corrected chi connectivity index (χ0v) is 8.56. The van der Waals surface area contributed by atoms with Crippen molar-refractivity contribution in [3.05, 3.63) is 35.0 Å². The van der Waals surface area contributed by atoms with Crippen molar-refractivity contribution in [1.29, 1.82) is 0 Å². The number of fused-ring (bicyclic) bond motifs is 1. The summed E-state index contributed by atoms with van der Waals surface area (Å²) in [4.78, 5) is 9.40. The molecular formula is C12H14N2O. The van der Waals surface area contributed by atoms with Crippen LogP contribution in [0.4, 0.5) is 0 Å². The van der Waals surface area contributed by atoms with Gasteiger partial charge in [0.1, 0.15) is 0 Å². The summed E-state index contributed by atoms with van der Waals surface area (Å²) in [5.41, 5.74) is -0.247. The van der Waals surface area contributed by atoms with Crippen LogP contribution in [0.2, 0.25) is 0 Å². The third-order valence-electron chi connectivity index (χ3n) is 3.29. The van der Waals surface area contributed by atoms with Gasteiger partial charge in [-0.25, -0.2) is 0 Å². The molecule has 1 aromatic carbocycles. The first-order chi connectivity index (χ1) is 7.27. The SMILES string of the molecule is OC1CCC2(CC1)N=c1ccccc1=N2. The summed E-state index contributed by atoms with van der Waals surface area (Å²) in [5.74, 6) is 0. The van der Waals surface area contributed by atoms with Gasteiger partial charge in [-0.1, -0.05) is 12.1 Å². The Morgan fingerprint density at radius 2 is 1.60 bits per heavy atom. The summed E-state index contributed by atoms with van der Waals surface area (Å²) in [7, 11) is 0. The number of nitrogens with zero attached hydrogens (tertiary/aromatic N) is 2. The smallest absolute Gasteiger partial charge is 0.151 e. The van der Waals surface area contributed by atoms with Gasteiger partial charge in [0, 0.05) is 0 Å². The van der Waals surface area contributed by atoms with E-state index >= 15 is 0 Å². The zero-order chi connectivity index (χ0) is 10.3. The molecular weight excluding hydrogens is 188 g/mol. The minimum Gasteiger partial charge on any atom is -0.393 e. The maximum atomic E-state index is 9.49. The van der Waals surface area contributed by atoms with Crippen molar-refractivity contribution in [1.82, 2.24) is 0 Å². The van der Waals surface area contributed by atoms with E-state index in [4.69, 9.17) is 9.98 Å². The quantitative estimate of drug-likeness (QED) is 0.657. The van der Waals surface area contributed by atoms with Gasteiger partial charge in [-0.15, -0.1) is 0 Å². The number of benzene rings is 1. The average molecular weight is 202 g/mol. The van der Waals surface area contributed by atoms with E-state index in [2.05, 4.69) is 0 Å².